The third-order valence-electron chi connectivity index (χ3n) is 1.67. The summed E-state index contributed by atoms with van der Waals surface area (Å²) in [5, 5.41) is 0. The van der Waals surface area contributed by atoms with E-state index < -0.39 is 0 Å². The minimum Gasteiger partial charge on any atom is -0.303 e. The topological polar surface area (TPSA) is 17.1 Å². The molecule has 0 aliphatic heterocycles. The van der Waals surface area contributed by atoms with Crippen molar-refractivity contribution in [2.75, 3.05) is 0 Å². The smallest absolute Gasteiger partial charge is 0.124 e. The maximum Gasteiger partial charge on any atom is 0.124 e. The van der Waals surface area contributed by atoms with Gasteiger partial charge in [0.05, 0.1) is 0 Å². The van der Waals surface area contributed by atoms with Crippen LogP contribution in [-0.4, -0.2) is 6.29 Å². The number of allylic oxidation sites excluding steroid dienone is 1. The second kappa shape index (κ2) is 4.50. The summed E-state index contributed by atoms with van der Waals surface area (Å²) in [7, 11) is 0. The van der Waals surface area contributed by atoms with E-state index in [-0.39, 0.29) is 0 Å². The number of carbonyl (C=O) groups excluding carboxylic acids is 1. The monoisotopic (exact) mass is 160 g/mol. The van der Waals surface area contributed by atoms with Crippen molar-refractivity contribution >= 4 is 6.29 Å². The average molecular weight is 160 g/mol. The van der Waals surface area contributed by atoms with Gasteiger partial charge in [-0.15, -0.1) is 0 Å². The Kier molecular flexibility index (Phi) is 3.27. The molecule has 0 aliphatic carbocycles. The van der Waals surface area contributed by atoms with Gasteiger partial charge in [0, 0.05) is 6.42 Å². The summed E-state index contributed by atoms with van der Waals surface area (Å²) in [5.41, 5.74) is 2.18. The zero-order valence-corrected chi connectivity index (χ0v) is 6.99. The van der Waals surface area contributed by atoms with Crippen LogP contribution in [-0.2, 0) is 11.2 Å². The lowest BCUT2D eigenvalue weighted by Gasteiger charge is -2.00. The van der Waals surface area contributed by atoms with E-state index in [0.717, 1.165) is 18.3 Å². The lowest BCUT2D eigenvalue weighted by molar-refractivity contribution is -0.107. The van der Waals surface area contributed by atoms with Crippen LogP contribution in [0.2, 0.25) is 0 Å². The number of carbonyl (C=O) groups is 1. The summed E-state index contributed by atoms with van der Waals surface area (Å²) in [5.74, 6) is 0. The van der Waals surface area contributed by atoms with Gasteiger partial charge in [0.15, 0.2) is 0 Å². The molecule has 0 amide bonds. The molecule has 0 atom stereocenters. The van der Waals surface area contributed by atoms with Crippen molar-refractivity contribution in [3.8, 4) is 0 Å². The normalized spacial score (nSPS) is 9.33. The van der Waals surface area contributed by atoms with Gasteiger partial charge in [0.2, 0.25) is 0 Å². The van der Waals surface area contributed by atoms with Crippen LogP contribution in [0, 0.1) is 0 Å². The first-order valence-corrected chi connectivity index (χ1v) is 3.97. The largest absolute Gasteiger partial charge is 0.303 e. The van der Waals surface area contributed by atoms with E-state index in [0.29, 0.717) is 6.42 Å². The molecule has 0 heterocycles. The van der Waals surface area contributed by atoms with E-state index in [4.69, 9.17) is 0 Å². The number of rotatable bonds is 4. The highest BCUT2D eigenvalue weighted by Gasteiger charge is 1.94. The summed E-state index contributed by atoms with van der Waals surface area (Å²) < 4.78 is 0. The van der Waals surface area contributed by atoms with Gasteiger partial charge >= 0.3 is 0 Å². The van der Waals surface area contributed by atoms with Crippen LogP contribution >= 0.6 is 0 Å². The summed E-state index contributed by atoms with van der Waals surface area (Å²) in [6, 6.07) is 10.0. The van der Waals surface area contributed by atoms with Gasteiger partial charge < -0.3 is 4.79 Å². The molecule has 0 fully saturated rings. The molecule has 0 saturated carbocycles. The Morgan fingerprint density at radius 3 is 2.58 bits per heavy atom. The van der Waals surface area contributed by atoms with Gasteiger partial charge in [-0.2, -0.15) is 0 Å². The fraction of sp³-hybridized carbons (Fsp3) is 0.182. The van der Waals surface area contributed by atoms with Crippen molar-refractivity contribution in [3.63, 3.8) is 0 Å². The number of benzene rings is 1. The Balaban J connectivity index is 2.52. The quantitative estimate of drug-likeness (QED) is 0.488. The molecule has 62 valence electrons. The fourth-order valence-electron chi connectivity index (χ4n) is 1.07. The highest BCUT2D eigenvalue weighted by atomic mass is 16.1. The standard InChI is InChI=1S/C11H12O/c1-10(7-8-12)9-11-5-3-2-4-6-11/h2-6,8H,1,7,9H2. The molecular formula is C11H12O. The molecule has 1 nitrogen and oxygen atoms in total. The van der Waals surface area contributed by atoms with Crippen molar-refractivity contribution < 1.29 is 4.79 Å². The third-order valence-corrected chi connectivity index (χ3v) is 1.67. The Morgan fingerprint density at radius 2 is 2.00 bits per heavy atom. The molecule has 1 aromatic rings. The van der Waals surface area contributed by atoms with Crippen LogP contribution in [0.15, 0.2) is 42.5 Å². The second-order valence-electron chi connectivity index (χ2n) is 2.78. The summed E-state index contributed by atoms with van der Waals surface area (Å²) in [6.07, 6.45) is 2.17. The molecule has 0 radical (unpaired) electrons. The lowest BCUT2D eigenvalue weighted by Crippen LogP contribution is -1.89. The molecule has 0 spiro atoms. The third kappa shape index (κ3) is 2.70. The second-order valence-corrected chi connectivity index (χ2v) is 2.78. The van der Waals surface area contributed by atoms with Crippen LogP contribution in [0.25, 0.3) is 0 Å². The van der Waals surface area contributed by atoms with Gasteiger partial charge in [0.25, 0.3) is 0 Å². The first-order valence-electron chi connectivity index (χ1n) is 3.97. The van der Waals surface area contributed by atoms with E-state index in [1.54, 1.807) is 0 Å². The van der Waals surface area contributed by atoms with E-state index in [1.807, 2.05) is 30.3 Å². The molecule has 1 heteroatoms. The van der Waals surface area contributed by atoms with Gasteiger partial charge in [-0.05, 0) is 12.0 Å². The first kappa shape index (κ1) is 8.72. The van der Waals surface area contributed by atoms with Crippen LogP contribution in [0.3, 0.4) is 0 Å². The van der Waals surface area contributed by atoms with Crippen LogP contribution in [0.5, 0.6) is 0 Å². The first-order chi connectivity index (χ1) is 5.83. The Bertz CT molecular complexity index is 262. The number of hydrogen-bond acceptors (Lipinski definition) is 1. The van der Waals surface area contributed by atoms with Crippen molar-refractivity contribution in [3.05, 3.63) is 48.0 Å². The molecule has 1 aromatic carbocycles. The fourth-order valence-corrected chi connectivity index (χ4v) is 1.07. The van der Waals surface area contributed by atoms with Crippen LogP contribution in [0.1, 0.15) is 12.0 Å². The van der Waals surface area contributed by atoms with Gasteiger partial charge in [0.1, 0.15) is 6.29 Å². The summed E-state index contributed by atoms with van der Waals surface area (Å²) in [6.45, 7) is 3.81. The number of hydrogen-bond donors (Lipinski definition) is 0. The Labute approximate surface area is 72.7 Å². The van der Waals surface area contributed by atoms with Crippen molar-refractivity contribution in [1.29, 1.82) is 0 Å². The lowest BCUT2D eigenvalue weighted by atomic mass is 10.1. The van der Waals surface area contributed by atoms with Gasteiger partial charge in [-0.25, -0.2) is 0 Å². The van der Waals surface area contributed by atoms with Gasteiger partial charge in [-0.1, -0.05) is 42.5 Å². The molecule has 12 heavy (non-hydrogen) atoms. The van der Waals surface area contributed by atoms with E-state index in [1.165, 1.54) is 5.56 Å². The average Bonchev–Trinajstić information content (AvgIpc) is 2.06. The zero-order valence-electron chi connectivity index (χ0n) is 6.99. The molecule has 0 unspecified atom stereocenters. The maximum absolute atomic E-state index is 10.1. The van der Waals surface area contributed by atoms with Crippen molar-refractivity contribution in [1.82, 2.24) is 0 Å². The minimum atomic E-state index is 0.467. The van der Waals surface area contributed by atoms with E-state index in [2.05, 4.69) is 6.58 Å². The molecule has 0 saturated heterocycles. The molecule has 0 bridgehead atoms. The summed E-state index contributed by atoms with van der Waals surface area (Å²) in [4.78, 5) is 10.1. The highest BCUT2D eigenvalue weighted by molar-refractivity contribution is 5.54. The van der Waals surface area contributed by atoms with Gasteiger partial charge in [-0.3, -0.25) is 0 Å². The summed E-state index contributed by atoms with van der Waals surface area (Å²) >= 11 is 0. The van der Waals surface area contributed by atoms with E-state index >= 15 is 0 Å². The molecule has 0 aliphatic rings. The molecule has 1 rings (SSSR count). The SMILES string of the molecule is C=C(CC=O)Cc1ccccc1. The predicted octanol–water partition coefficient (Wildman–Crippen LogP) is 2.37. The van der Waals surface area contributed by atoms with Crippen LogP contribution < -0.4 is 0 Å². The number of aldehydes is 1. The maximum atomic E-state index is 10.1. The zero-order chi connectivity index (χ0) is 8.81. The minimum absolute atomic E-state index is 0.467. The molecule has 0 N–H and O–H groups in total. The predicted molar refractivity (Wildman–Crippen MR) is 50.0 cm³/mol. The van der Waals surface area contributed by atoms with Crippen molar-refractivity contribution in [2.45, 2.75) is 12.8 Å². The Hall–Kier alpha value is -1.37. The Morgan fingerprint density at radius 1 is 1.33 bits per heavy atom. The molecular weight excluding hydrogens is 148 g/mol. The van der Waals surface area contributed by atoms with E-state index in [9.17, 15) is 4.79 Å². The molecule has 0 aromatic heterocycles. The van der Waals surface area contributed by atoms with Crippen LogP contribution in [0.4, 0.5) is 0 Å². The highest BCUT2D eigenvalue weighted by Crippen LogP contribution is 2.07. The van der Waals surface area contributed by atoms with Crippen molar-refractivity contribution in [2.24, 2.45) is 0 Å².